The van der Waals surface area contributed by atoms with E-state index in [0.717, 1.165) is 27.3 Å². The second-order valence-electron chi connectivity index (χ2n) is 5.38. The molecule has 0 amide bonds. The molecule has 0 radical (unpaired) electrons. The lowest BCUT2D eigenvalue weighted by molar-refractivity contribution is 0.475. The van der Waals surface area contributed by atoms with Gasteiger partial charge in [0, 0.05) is 11.8 Å². The third kappa shape index (κ3) is 3.05. The number of aromatic nitrogens is 1. The van der Waals surface area contributed by atoms with E-state index in [9.17, 15) is 5.11 Å². The fourth-order valence-corrected chi connectivity index (χ4v) is 3.37. The molecule has 0 saturated carbocycles. The number of hydrogen-bond acceptors (Lipinski definition) is 4. The minimum atomic E-state index is 0.257. The fourth-order valence-electron chi connectivity index (χ4n) is 2.40. The number of thiazole rings is 1. The Morgan fingerprint density at radius 2 is 1.62 bits per heavy atom. The number of benzene rings is 3. The van der Waals surface area contributed by atoms with Crippen molar-refractivity contribution in [2.24, 2.45) is 4.99 Å². The molecular weight excluding hydrogens is 316 g/mol. The zero-order valence-electron chi connectivity index (χ0n) is 12.8. The predicted molar refractivity (Wildman–Crippen MR) is 100 cm³/mol. The van der Waals surface area contributed by atoms with Crippen molar-refractivity contribution in [3.63, 3.8) is 0 Å². The first-order chi connectivity index (χ1) is 11.8. The fraction of sp³-hybridized carbons (Fsp3) is 0. The van der Waals surface area contributed by atoms with Gasteiger partial charge in [0.1, 0.15) is 10.8 Å². The molecule has 0 bridgehead atoms. The summed E-state index contributed by atoms with van der Waals surface area (Å²) >= 11 is 1.69. The van der Waals surface area contributed by atoms with E-state index < -0.39 is 0 Å². The molecule has 3 nitrogen and oxygen atoms in total. The summed E-state index contributed by atoms with van der Waals surface area (Å²) in [6.07, 6.45) is 1.78. The van der Waals surface area contributed by atoms with Gasteiger partial charge in [0.2, 0.25) is 0 Å². The van der Waals surface area contributed by atoms with E-state index in [-0.39, 0.29) is 5.75 Å². The zero-order chi connectivity index (χ0) is 16.4. The van der Waals surface area contributed by atoms with Crippen LogP contribution < -0.4 is 0 Å². The van der Waals surface area contributed by atoms with Crippen molar-refractivity contribution < 1.29 is 5.11 Å². The van der Waals surface area contributed by atoms with Crippen LogP contribution in [0, 0.1) is 0 Å². The summed E-state index contributed by atoms with van der Waals surface area (Å²) in [6, 6.07) is 23.2. The smallest absolute Gasteiger partial charge is 0.124 e. The summed E-state index contributed by atoms with van der Waals surface area (Å²) in [5, 5.41) is 10.3. The van der Waals surface area contributed by atoms with E-state index >= 15 is 0 Å². The average molecular weight is 330 g/mol. The molecule has 1 heterocycles. The molecule has 1 N–H and O–H groups in total. The molecule has 0 saturated heterocycles. The van der Waals surface area contributed by atoms with Crippen LogP contribution in [0.25, 0.3) is 20.8 Å². The van der Waals surface area contributed by atoms with Crippen LogP contribution in [-0.4, -0.2) is 16.3 Å². The first-order valence-electron chi connectivity index (χ1n) is 7.57. The van der Waals surface area contributed by atoms with Gasteiger partial charge < -0.3 is 5.11 Å². The molecule has 24 heavy (non-hydrogen) atoms. The summed E-state index contributed by atoms with van der Waals surface area (Å²) in [5.41, 5.74) is 3.96. The van der Waals surface area contributed by atoms with Crippen LogP contribution in [0.4, 0.5) is 5.69 Å². The molecule has 0 unspecified atom stereocenters. The van der Waals surface area contributed by atoms with Crippen LogP contribution in [0.15, 0.2) is 77.8 Å². The highest BCUT2D eigenvalue weighted by atomic mass is 32.1. The maximum absolute atomic E-state index is 9.28. The standard InChI is InChI=1S/C20H14N2OS/c23-17-11-5-14(6-12-17)13-21-16-9-7-15(8-10-16)20-22-18-3-1-2-4-19(18)24-20/h1-13,23H. The van der Waals surface area contributed by atoms with Gasteiger partial charge in [-0.1, -0.05) is 12.1 Å². The van der Waals surface area contributed by atoms with Crippen LogP contribution >= 0.6 is 11.3 Å². The SMILES string of the molecule is Oc1ccc(C=Nc2ccc(-c3nc4ccccc4s3)cc2)cc1. The van der Waals surface area contributed by atoms with Gasteiger partial charge in [-0.25, -0.2) is 4.98 Å². The quantitative estimate of drug-likeness (QED) is 0.510. The van der Waals surface area contributed by atoms with Crippen LogP contribution in [0.3, 0.4) is 0 Å². The molecule has 4 heteroatoms. The Labute approximate surface area is 143 Å². The Morgan fingerprint density at radius 3 is 2.38 bits per heavy atom. The normalized spacial score (nSPS) is 11.3. The molecule has 4 rings (SSSR count). The number of phenols is 1. The summed E-state index contributed by atoms with van der Waals surface area (Å²) in [6.45, 7) is 0. The van der Waals surface area contributed by atoms with Gasteiger partial charge in [0.05, 0.1) is 15.9 Å². The Balaban J connectivity index is 1.57. The van der Waals surface area contributed by atoms with Gasteiger partial charge in [-0.05, 0) is 66.2 Å². The molecule has 1 aromatic heterocycles. The summed E-state index contributed by atoms with van der Waals surface area (Å²) in [5.74, 6) is 0.257. The van der Waals surface area contributed by atoms with Gasteiger partial charge >= 0.3 is 0 Å². The number of nitrogens with zero attached hydrogens (tertiary/aromatic N) is 2. The maximum atomic E-state index is 9.28. The number of fused-ring (bicyclic) bond motifs is 1. The Hall–Kier alpha value is -2.98. The van der Waals surface area contributed by atoms with Gasteiger partial charge in [-0.3, -0.25) is 4.99 Å². The minimum absolute atomic E-state index is 0.257. The predicted octanol–water partition coefficient (Wildman–Crippen LogP) is 5.42. The molecule has 0 aliphatic rings. The lowest BCUT2D eigenvalue weighted by Crippen LogP contribution is -1.79. The van der Waals surface area contributed by atoms with Crippen LogP contribution in [0.5, 0.6) is 5.75 Å². The van der Waals surface area contributed by atoms with Crippen molar-refractivity contribution in [1.29, 1.82) is 0 Å². The van der Waals surface area contributed by atoms with E-state index in [4.69, 9.17) is 0 Å². The van der Waals surface area contributed by atoms with E-state index in [2.05, 4.69) is 16.0 Å². The Morgan fingerprint density at radius 1 is 0.875 bits per heavy atom. The lowest BCUT2D eigenvalue weighted by Gasteiger charge is -1.98. The van der Waals surface area contributed by atoms with Crippen molar-refractivity contribution in [3.8, 4) is 16.3 Å². The highest BCUT2D eigenvalue weighted by Gasteiger charge is 2.05. The van der Waals surface area contributed by atoms with Crippen molar-refractivity contribution in [2.45, 2.75) is 0 Å². The van der Waals surface area contributed by atoms with Gasteiger partial charge in [0.15, 0.2) is 0 Å². The molecule has 3 aromatic carbocycles. The third-order valence-electron chi connectivity index (χ3n) is 3.66. The first-order valence-corrected chi connectivity index (χ1v) is 8.39. The van der Waals surface area contributed by atoms with Crippen molar-refractivity contribution in [1.82, 2.24) is 4.98 Å². The number of rotatable bonds is 3. The van der Waals surface area contributed by atoms with Gasteiger partial charge in [-0.2, -0.15) is 0 Å². The third-order valence-corrected chi connectivity index (χ3v) is 4.75. The second-order valence-corrected chi connectivity index (χ2v) is 6.41. The van der Waals surface area contributed by atoms with Crippen molar-refractivity contribution >= 4 is 33.5 Å². The topological polar surface area (TPSA) is 45.5 Å². The van der Waals surface area contributed by atoms with E-state index in [1.54, 1.807) is 29.7 Å². The average Bonchev–Trinajstić information content (AvgIpc) is 3.06. The number of aromatic hydroxyl groups is 1. The van der Waals surface area contributed by atoms with E-state index in [0.29, 0.717) is 0 Å². The molecule has 0 fully saturated rings. The molecule has 0 atom stereocenters. The highest BCUT2D eigenvalue weighted by molar-refractivity contribution is 7.21. The van der Waals surface area contributed by atoms with Gasteiger partial charge in [-0.15, -0.1) is 11.3 Å². The number of phenolic OH excluding ortho intramolecular Hbond substituents is 1. The summed E-state index contributed by atoms with van der Waals surface area (Å²) in [4.78, 5) is 9.13. The van der Waals surface area contributed by atoms with Gasteiger partial charge in [0.25, 0.3) is 0 Å². The summed E-state index contributed by atoms with van der Waals surface area (Å²) < 4.78 is 1.20. The number of aliphatic imine (C=N–C) groups is 1. The monoisotopic (exact) mass is 330 g/mol. The first kappa shape index (κ1) is 14.6. The van der Waals surface area contributed by atoms with Crippen LogP contribution in [0.1, 0.15) is 5.56 Å². The number of hydrogen-bond donors (Lipinski definition) is 1. The van der Waals surface area contributed by atoms with Crippen LogP contribution in [0.2, 0.25) is 0 Å². The summed E-state index contributed by atoms with van der Waals surface area (Å²) in [7, 11) is 0. The highest BCUT2D eigenvalue weighted by Crippen LogP contribution is 2.30. The Bertz CT molecular complexity index is 969. The molecule has 4 aromatic rings. The Kier molecular flexibility index (Phi) is 3.81. The molecular formula is C20H14N2OS. The molecule has 116 valence electrons. The zero-order valence-corrected chi connectivity index (χ0v) is 13.6. The largest absolute Gasteiger partial charge is 0.508 e. The van der Waals surface area contributed by atoms with Crippen molar-refractivity contribution in [3.05, 3.63) is 78.4 Å². The molecule has 0 spiro atoms. The molecule has 0 aliphatic heterocycles. The van der Waals surface area contributed by atoms with Crippen molar-refractivity contribution in [2.75, 3.05) is 0 Å². The van der Waals surface area contributed by atoms with E-state index in [1.807, 2.05) is 54.6 Å². The lowest BCUT2D eigenvalue weighted by atomic mass is 10.2. The number of para-hydroxylation sites is 1. The molecule has 0 aliphatic carbocycles. The van der Waals surface area contributed by atoms with Crippen LogP contribution in [-0.2, 0) is 0 Å². The second kappa shape index (κ2) is 6.26. The maximum Gasteiger partial charge on any atom is 0.124 e. The van der Waals surface area contributed by atoms with E-state index in [1.165, 1.54) is 4.70 Å². The minimum Gasteiger partial charge on any atom is -0.508 e.